The van der Waals surface area contributed by atoms with Gasteiger partial charge in [0.05, 0.1) is 12.6 Å². The first-order valence-corrected chi connectivity index (χ1v) is 9.74. The third-order valence-electron chi connectivity index (χ3n) is 5.60. The predicted octanol–water partition coefficient (Wildman–Crippen LogP) is 1.17. The number of hydrogen-bond acceptors (Lipinski definition) is 4. The van der Waals surface area contributed by atoms with Crippen molar-refractivity contribution < 1.29 is 19.1 Å². The molecule has 1 heterocycles. The van der Waals surface area contributed by atoms with E-state index in [1.807, 2.05) is 32.0 Å². The van der Waals surface area contributed by atoms with Crippen molar-refractivity contribution in [1.29, 1.82) is 0 Å². The molecule has 2 atom stereocenters. The molecule has 0 saturated carbocycles. The fourth-order valence-electron chi connectivity index (χ4n) is 4.15. The van der Waals surface area contributed by atoms with E-state index in [0.717, 1.165) is 27.9 Å². The maximum Gasteiger partial charge on any atom is 0.246 e. The molecule has 1 aromatic heterocycles. The highest BCUT2D eigenvalue weighted by Gasteiger charge is 2.44. The van der Waals surface area contributed by atoms with Crippen LogP contribution in [-0.4, -0.2) is 41.4 Å². The van der Waals surface area contributed by atoms with E-state index in [9.17, 15) is 14.4 Å². The van der Waals surface area contributed by atoms with Gasteiger partial charge in [0.2, 0.25) is 17.7 Å². The van der Waals surface area contributed by atoms with Crippen LogP contribution in [0.2, 0.25) is 0 Å². The molecule has 1 aliphatic rings. The predicted molar refractivity (Wildman–Crippen MR) is 109 cm³/mol. The summed E-state index contributed by atoms with van der Waals surface area (Å²) >= 11 is 0. The van der Waals surface area contributed by atoms with Crippen LogP contribution in [-0.2, 0) is 27.2 Å². The Hall–Kier alpha value is -3.03. The Balaban J connectivity index is 2.02. The van der Waals surface area contributed by atoms with Gasteiger partial charge < -0.3 is 26.1 Å². The lowest BCUT2D eigenvalue weighted by Gasteiger charge is -2.37. The second-order valence-corrected chi connectivity index (χ2v) is 8.00. The smallest absolute Gasteiger partial charge is 0.246 e. The number of nitrogens with two attached hydrogens (primary N) is 1. The summed E-state index contributed by atoms with van der Waals surface area (Å²) in [6, 6.07) is 4.93. The van der Waals surface area contributed by atoms with Crippen molar-refractivity contribution in [1.82, 2.24) is 15.6 Å². The van der Waals surface area contributed by atoms with E-state index in [0.29, 0.717) is 19.3 Å². The van der Waals surface area contributed by atoms with Gasteiger partial charge in [0.25, 0.3) is 0 Å². The van der Waals surface area contributed by atoms with Gasteiger partial charge in [0.15, 0.2) is 0 Å². The number of fused-ring (bicyclic) bond motifs is 3. The number of hydrogen-bond donors (Lipinski definition) is 4. The SMILES string of the molecule is COc1cccc2c3c([nH]c12)CC[C@](NC(C)=O)(C(=O)N[C@H](C(N)=O)C(C)C)C3. The molecule has 0 bridgehead atoms. The number of para-hydroxylation sites is 1. The minimum absolute atomic E-state index is 0.165. The van der Waals surface area contributed by atoms with Crippen LogP contribution in [0.4, 0.5) is 0 Å². The highest BCUT2D eigenvalue weighted by Crippen LogP contribution is 2.37. The molecule has 0 unspecified atom stereocenters. The van der Waals surface area contributed by atoms with Gasteiger partial charge in [-0.15, -0.1) is 0 Å². The van der Waals surface area contributed by atoms with Crippen molar-refractivity contribution in [2.45, 2.75) is 51.6 Å². The maximum absolute atomic E-state index is 13.3. The third kappa shape index (κ3) is 3.79. The molecule has 156 valence electrons. The average Bonchev–Trinajstić information content (AvgIpc) is 3.02. The molecule has 3 amide bonds. The van der Waals surface area contributed by atoms with Crippen LogP contribution < -0.4 is 21.1 Å². The quantitative estimate of drug-likeness (QED) is 0.580. The van der Waals surface area contributed by atoms with E-state index in [1.165, 1.54) is 6.92 Å². The van der Waals surface area contributed by atoms with Crippen LogP contribution in [0.5, 0.6) is 5.75 Å². The van der Waals surface area contributed by atoms with Crippen LogP contribution in [0.25, 0.3) is 10.9 Å². The molecule has 8 heteroatoms. The van der Waals surface area contributed by atoms with Crippen molar-refractivity contribution >= 4 is 28.6 Å². The van der Waals surface area contributed by atoms with E-state index in [4.69, 9.17) is 10.5 Å². The fraction of sp³-hybridized carbons (Fsp3) is 0.476. The number of rotatable bonds is 6. The van der Waals surface area contributed by atoms with Gasteiger partial charge in [-0.25, -0.2) is 0 Å². The Kier molecular flexibility index (Phi) is 5.55. The van der Waals surface area contributed by atoms with Crippen molar-refractivity contribution in [2.24, 2.45) is 11.7 Å². The van der Waals surface area contributed by atoms with Crippen molar-refractivity contribution in [3.8, 4) is 5.75 Å². The number of benzene rings is 1. The van der Waals surface area contributed by atoms with E-state index in [1.54, 1.807) is 7.11 Å². The molecule has 0 radical (unpaired) electrons. The Morgan fingerprint density at radius 2 is 2.00 bits per heavy atom. The molecule has 3 rings (SSSR count). The molecule has 29 heavy (non-hydrogen) atoms. The lowest BCUT2D eigenvalue weighted by Crippen LogP contribution is -2.64. The van der Waals surface area contributed by atoms with E-state index >= 15 is 0 Å². The lowest BCUT2D eigenvalue weighted by atomic mass is 9.78. The van der Waals surface area contributed by atoms with Gasteiger partial charge in [0, 0.05) is 24.4 Å². The summed E-state index contributed by atoms with van der Waals surface area (Å²) in [4.78, 5) is 40.5. The largest absolute Gasteiger partial charge is 0.495 e. The van der Waals surface area contributed by atoms with Crippen molar-refractivity contribution in [3.63, 3.8) is 0 Å². The molecule has 0 aliphatic heterocycles. The van der Waals surface area contributed by atoms with Crippen molar-refractivity contribution in [3.05, 3.63) is 29.5 Å². The zero-order chi connectivity index (χ0) is 21.3. The average molecular weight is 400 g/mol. The molecule has 8 nitrogen and oxygen atoms in total. The van der Waals surface area contributed by atoms with Gasteiger partial charge in [-0.05, 0) is 30.4 Å². The van der Waals surface area contributed by atoms with Gasteiger partial charge in [-0.1, -0.05) is 26.0 Å². The van der Waals surface area contributed by atoms with Gasteiger partial charge in [0.1, 0.15) is 17.3 Å². The number of aryl methyl sites for hydroxylation is 1. The van der Waals surface area contributed by atoms with Crippen LogP contribution in [0.15, 0.2) is 18.2 Å². The Labute approximate surface area is 169 Å². The molecule has 2 aromatic rings. The third-order valence-corrected chi connectivity index (χ3v) is 5.60. The second kappa shape index (κ2) is 7.77. The number of aromatic nitrogens is 1. The summed E-state index contributed by atoms with van der Waals surface area (Å²) in [6.45, 7) is 5.01. The summed E-state index contributed by atoms with van der Waals surface area (Å²) < 4.78 is 5.44. The highest BCUT2D eigenvalue weighted by molar-refractivity contribution is 5.97. The lowest BCUT2D eigenvalue weighted by molar-refractivity contribution is -0.136. The van der Waals surface area contributed by atoms with Crippen LogP contribution in [0, 0.1) is 5.92 Å². The molecule has 0 saturated heterocycles. The first-order valence-electron chi connectivity index (χ1n) is 9.74. The fourth-order valence-corrected chi connectivity index (χ4v) is 4.15. The summed E-state index contributed by atoms with van der Waals surface area (Å²) in [5, 5.41) is 6.57. The summed E-state index contributed by atoms with van der Waals surface area (Å²) in [7, 11) is 1.61. The number of carbonyl (C=O) groups is 3. The summed E-state index contributed by atoms with van der Waals surface area (Å²) in [6.07, 6.45) is 1.29. The first-order chi connectivity index (χ1) is 13.7. The molecule has 0 spiro atoms. The Morgan fingerprint density at radius 1 is 1.28 bits per heavy atom. The van der Waals surface area contributed by atoms with E-state index < -0.39 is 23.4 Å². The number of carbonyl (C=O) groups excluding carboxylic acids is 3. The summed E-state index contributed by atoms with van der Waals surface area (Å²) in [5.74, 6) is -0.739. The number of aromatic amines is 1. The Morgan fingerprint density at radius 3 is 2.59 bits per heavy atom. The first kappa shape index (κ1) is 20.7. The molecule has 1 aliphatic carbocycles. The monoisotopic (exact) mass is 400 g/mol. The van der Waals surface area contributed by atoms with E-state index in [2.05, 4.69) is 15.6 Å². The van der Waals surface area contributed by atoms with Crippen molar-refractivity contribution in [2.75, 3.05) is 7.11 Å². The number of methoxy groups -OCH3 is 1. The number of primary amides is 1. The minimum Gasteiger partial charge on any atom is -0.495 e. The molecule has 0 fully saturated rings. The minimum atomic E-state index is -1.15. The topological polar surface area (TPSA) is 126 Å². The van der Waals surface area contributed by atoms with Gasteiger partial charge in [-0.3, -0.25) is 14.4 Å². The number of amides is 3. The zero-order valence-electron chi connectivity index (χ0n) is 17.2. The molecule has 1 aromatic carbocycles. The van der Waals surface area contributed by atoms with Crippen LogP contribution in [0.1, 0.15) is 38.4 Å². The normalized spacial score (nSPS) is 19.5. The summed E-state index contributed by atoms with van der Waals surface area (Å²) in [5.41, 5.74) is 7.17. The van der Waals surface area contributed by atoms with Crippen LogP contribution in [0.3, 0.4) is 0 Å². The maximum atomic E-state index is 13.3. The number of nitrogens with one attached hydrogen (secondary N) is 3. The molecular weight excluding hydrogens is 372 g/mol. The van der Waals surface area contributed by atoms with E-state index in [-0.39, 0.29) is 11.8 Å². The van der Waals surface area contributed by atoms with Gasteiger partial charge in [-0.2, -0.15) is 0 Å². The molecule has 5 N–H and O–H groups in total. The number of H-pyrrole nitrogens is 1. The highest BCUT2D eigenvalue weighted by atomic mass is 16.5. The zero-order valence-corrected chi connectivity index (χ0v) is 17.2. The number of ether oxygens (including phenoxy) is 1. The molecular formula is C21H28N4O4. The standard InChI is InChI=1S/C21H28N4O4/c1-11(2)17(19(22)27)24-20(28)21(25-12(3)26)9-8-15-14(10-21)13-6-5-7-16(29-4)18(13)23-15/h5-7,11,17,23H,8-10H2,1-4H3,(H2,22,27)(H,24,28)(H,25,26)/t17-,21+/m0/s1. The second-order valence-electron chi connectivity index (χ2n) is 8.00. The Bertz CT molecular complexity index is 965. The van der Waals surface area contributed by atoms with Gasteiger partial charge >= 0.3 is 0 Å². The van der Waals surface area contributed by atoms with Crippen LogP contribution >= 0.6 is 0 Å².